The summed E-state index contributed by atoms with van der Waals surface area (Å²) in [5, 5.41) is 4.43. The van der Waals surface area contributed by atoms with Gasteiger partial charge in [-0.15, -0.1) is 0 Å². The van der Waals surface area contributed by atoms with Crippen molar-refractivity contribution in [2.75, 3.05) is 26.2 Å². The number of hydrogen-bond acceptors (Lipinski definition) is 5. The molecule has 6 nitrogen and oxygen atoms in total. The van der Waals surface area contributed by atoms with E-state index >= 15 is 0 Å². The number of ketones is 1. The van der Waals surface area contributed by atoms with Gasteiger partial charge in [-0.3, -0.25) is 14.5 Å². The second-order valence-corrected chi connectivity index (χ2v) is 12.9. The molecule has 0 saturated carbocycles. The zero-order valence-electron chi connectivity index (χ0n) is 25.1. The largest absolute Gasteiger partial charge is 0.491 e. The van der Waals surface area contributed by atoms with Crippen molar-refractivity contribution < 1.29 is 14.3 Å². The molecule has 3 N–H and O–H groups in total. The van der Waals surface area contributed by atoms with Crippen LogP contribution >= 0.6 is 23.2 Å². The van der Waals surface area contributed by atoms with E-state index in [0.717, 1.165) is 30.6 Å². The first-order valence-electron chi connectivity index (χ1n) is 15.2. The molecule has 0 spiro atoms. The van der Waals surface area contributed by atoms with E-state index in [9.17, 15) is 9.59 Å². The van der Waals surface area contributed by atoms with Gasteiger partial charge in [-0.2, -0.15) is 0 Å². The standard InChI is InChI=1S/C35H41Cl2N3O3/c1-4-35(27-15-17-39-21-27)32(25-13-14-29(36)30(37)20-25)34(33(38)42,26-10-6-5-7-11-26)16-18-40(35)22-31(41)24-9-8-12-28(19-24)43-23(2)3/h5-14,19-20,23,27,32,39H,4,15-18,21-22H2,1-3H3,(H2,38,42). The molecule has 3 aromatic rings. The van der Waals surface area contributed by atoms with Crippen LogP contribution in [0.2, 0.25) is 10.0 Å². The quantitative estimate of drug-likeness (QED) is 0.248. The Hall–Kier alpha value is -2.90. The number of amides is 1. The molecule has 0 aliphatic carbocycles. The van der Waals surface area contributed by atoms with Crippen LogP contribution in [0.15, 0.2) is 72.8 Å². The molecule has 43 heavy (non-hydrogen) atoms. The number of halogens is 2. The highest BCUT2D eigenvalue weighted by molar-refractivity contribution is 6.42. The average Bonchev–Trinajstić information content (AvgIpc) is 3.54. The van der Waals surface area contributed by atoms with Crippen molar-refractivity contribution in [3.8, 4) is 5.75 Å². The Labute approximate surface area is 264 Å². The number of likely N-dealkylation sites (tertiary alicyclic amines) is 1. The number of rotatable bonds is 10. The Morgan fingerprint density at radius 1 is 1.05 bits per heavy atom. The highest BCUT2D eigenvalue weighted by Crippen LogP contribution is 2.58. The van der Waals surface area contributed by atoms with Crippen molar-refractivity contribution in [2.24, 2.45) is 11.7 Å². The maximum Gasteiger partial charge on any atom is 0.228 e. The molecule has 2 aliphatic rings. The number of primary amides is 1. The van der Waals surface area contributed by atoms with Crippen molar-refractivity contribution >= 4 is 34.9 Å². The van der Waals surface area contributed by atoms with Crippen LogP contribution in [0.3, 0.4) is 0 Å². The number of nitrogens with zero attached hydrogens (tertiary/aromatic N) is 1. The summed E-state index contributed by atoms with van der Waals surface area (Å²) in [5.41, 5.74) is 7.25. The molecule has 0 radical (unpaired) electrons. The summed E-state index contributed by atoms with van der Waals surface area (Å²) in [4.78, 5) is 30.3. The number of benzene rings is 3. The second kappa shape index (κ2) is 13.0. The van der Waals surface area contributed by atoms with Crippen LogP contribution in [0.5, 0.6) is 5.75 Å². The smallest absolute Gasteiger partial charge is 0.228 e. The van der Waals surface area contributed by atoms with E-state index in [4.69, 9.17) is 33.7 Å². The summed E-state index contributed by atoms with van der Waals surface area (Å²) in [6.07, 6.45) is 2.08. The van der Waals surface area contributed by atoms with E-state index in [2.05, 4.69) is 17.1 Å². The van der Waals surface area contributed by atoms with Gasteiger partial charge in [0.25, 0.3) is 0 Å². The fourth-order valence-electron chi connectivity index (χ4n) is 7.79. The molecule has 2 aliphatic heterocycles. The third kappa shape index (κ3) is 5.83. The summed E-state index contributed by atoms with van der Waals surface area (Å²) in [6, 6.07) is 22.9. The minimum atomic E-state index is -1.03. The van der Waals surface area contributed by atoms with Gasteiger partial charge in [0.15, 0.2) is 5.78 Å². The predicted octanol–water partition coefficient (Wildman–Crippen LogP) is 6.63. The zero-order valence-corrected chi connectivity index (χ0v) is 26.6. The molecule has 1 amide bonds. The molecular weight excluding hydrogens is 581 g/mol. The summed E-state index contributed by atoms with van der Waals surface area (Å²) in [6.45, 7) is 8.48. The lowest BCUT2D eigenvalue weighted by Gasteiger charge is -2.61. The molecule has 0 aromatic heterocycles. The molecule has 8 heteroatoms. The normalized spacial score (nSPS) is 26.0. The molecule has 2 fully saturated rings. The number of nitrogens with two attached hydrogens (primary N) is 1. The van der Waals surface area contributed by atoms with Crippen molar-refractivity contribution in [3.05, 3.63) is 99.5 Å². The Morgan fingerprint density at radius 2 is 1.81 bits per heavy atom. The van der Waals surface area contributed by atoms with Gasteiger partial charge in [0.2, 0.25) is 5.91 Å². The molecule has 0 bridgehead atoms. The van der Waals surface area contributed by atoms with Crippen molar-refractivity contribution in [1.82, 2.24) is 10.2 Å². The minimum Gasteiger partial charge on any atom is -0.491 e. The Balaban J connectivity index is 1.69. The third-order valence-electron chi connectivity index (χ3n) is 9.56. The van der Waals surface area contributed by atoms with E-state index in [1.165, 1.54) is 0 Å². The van der Waals surface area contributed by atoms with Crippen LogP contribution < -0.4 is 15.8 Å². The SMILES string of the molecule is CCC1(C2CCNC2)C(c2ccc(Cl)c(Cl)c2)C(C(N)=O)(c2ccccc2)CCN1CC(=O)c1cccc(OC(C)C)c1. The first-order chi connectivity index (χ1) is 20.6. The molecule has 3 aromatic carbocycles. The van der Waals surface area contributed by atoms with E-state index in [0.29, 0.717) is 40.7 Å². The fraction of sp³-hybridized carbons (Fsp3) is 0.429. The third-order valence-corrected chi connectivity index (χ3v) is 10.3. The van der Waals surface area contributed by atoms with Gasteiger partial charge in [-0.25, -0.2) is 0 Å². The van der Waals surface area contributed by atoms with Gasteiger partial charge < -0.3 is 15.8 Å². The average molecular weight is 623 g/mol. The second-order valence-electron chi connectivity index (χ2n) is 12.1. The molecule has 2 saturated heterocycles. The molecular formula is C35H41Cl2N3O3. The van der Waals surface area contributed by atoms with Gasteiger partial charge in [-0.05, 0) is 87.5 Å². The van der Waals surface area contributed by atoms with E-state index in [1.54, 1.807) is 6.07 Å². The fourth-order valence-corrected chi connectivity index (χ4v) is 8.10. The van der Waals surface area contributed by atoms with Crippen molar-refractivity contribution in [1.29, 1.82) is 0 Å². The molecule has 4 unspecified atom stereocenters. The lowest BCUT2D eigenvalue weighted by Crippen LogP contribution is -2.70. The van der Waals surface area contributed by atoms with Gasteiger partial charge in [0, 0.05) is 23.6 Å². The molecule has 228 valence electrons. The highest BCUT2D eigenvalue weighted by Gasteiger charge is 2.63. The Morgan fingerprint density at radius 3 is 2.44 bits per heavy atom. The maximum absolute atomic E-state index is 14.0. The maximum atomic E-state index is 14.0. The van der Waals surface area contributed by atoms with E-state index in [1.807, 2.05) is 80.6 Å². The number of hydrogen-bond donors (Lipinski definition) is 2. The van der Waals surface area contributed by atoms with Crippen LogP contribution in [-0.2, 0) is 10.2 Å². The van der Waals surface area contributed by atoms with Crippen LogP contribution in [-0.4, -0.2) is 54.4 Å². The van der Waals surface area contributed by atoms with Crippen LogP contribution in [0.1, 0.15) is 67.4 Å². The van der Waals surface area contributed by atoms with Crippen LogP contribution in [0.25, 0.3) is 0 Å². The predicted molar refractivity (Wildman–Crippen MR) is 173 cm³/mol. The monoisotopic (exact) mass is 621 g/mol. The lowest BCUT2D eigenvalue weighted by atomic mass is 9.51. The highest BCUT2D eigenvalue weighted by atomic mass is 35.5. The summed E-state index contributed by atoms with van der Waals surface area (Å²) in [7, 11) is 0. The summed E-state index contributed by atoms with van der Waals surface area (Å²) in [5.74, 6) is 0.0804. The number of piperidine rings is 1. The first-order valence-corrected chi connectivity index (χ1v) is 15.9. The van der Waals surface area contributed by atoms with Gasteiger partial charge in [0.05, 0.1) is 28.1 Å². The number of carbonyl (C=O) groups is 2. The van der Waals surface area contributed by atoms with Gasteiger partial charge in [-0.1, -0.05) is 78.7 Å². The lowest BCUT2D eigenvalue weighted by molar-refractivity contribution is -0.133. The topological polar surface area (TPSA) is 84.7 Å². The van der Waals surface area contributed by atoms with Crippen molar-refractivity contribution in [3.63, 3.8) is 0 Å². The number of ether oxygens (including phenoxy) is 1. The van der Waals surface area contributed by atoms with Crippen LogP contribution in [0.4, 0.5) is 0 Å². The van der Waals surface area contributed by atoms with Crippen molar-refractivity contribution in [2.45, 2.75) is 63.0 Å². The summed E-state index contributed by atoms with van der Waals surface area (Å²) < 4.78 is 5.89. The van der Waals surface area contributed by atoms with E-state index in [-0.39, 0.29) is 36.2 Å². The molecule has 5 rings (SSSR count). The Bertz CT molecular complexity index is 1460. The summed E-state index contributed by atoms with van der Waals surface area (Å²) >= 11 is 13.1. The number of Topliss-reactive ketones (excluding diaryl/α,β-unsaturated/α-hetero) is 1. The molecule has 2 heterocycles. The molecule has 4 atom stereocenters. The van der Waals surface area contributed by atoms with Gasteiger partial charge in [0.1, 0.15) is 5.75 Å². The number of nitrogens with one attached hydrogen (secondary N) is 1. The Kier molecular flexibility index (Phi) is 9.52. The number of carbonyl (C=O) groups excluding carboxylic acids is 2. The minimum absolute atomic E-state index is 0.00178. The van der Waals surface area contributed by atoms with Crippen LogP contribution in [0, 0.1) is 5.92 Å². The van der Waals surface area contributed by atoms with E-state index < -0.39 is 11.0 Å². The zero-order chi connectivity index (χ0) is 30.8. The van der Waals surface area contributed by atoms with Gasteiger partial charge >= 0.3 is 0 Å². The first kappa shape index (κ1) is 31.5.